The molecule has 1 N–H and O–H groups in total. The number of carbonyl (C=O) groups is 1. The van der Waals surface area contributed by atoms with Gasteiger partial charge in [0.2, 0.25) is 5.91 Å². The number of benzene rings is 2. The second kappa shape index (κ2) is 7.20. The predicted molar refractivity (Wildman–Crippen MR) is 101 cm³/mol. The van der Waals surface area contributed by atoms with Crippen LogP contribution in [0.15, 0.2) is 48.8 Å². The van der Waals surface area contributed by atoms with Crippen molar-refractivity contribution in [1.82, 2.24) is 14.9 Å². The van der Waals surface area contributed by atoms with Crippen LogP contribution in [0.5, 0.6) is 11.5 Å². The largest absolute Gasteiger partial charge is 0.457 e. The lowest BCUT2D eigenvalue weighted by Gasteiger charge is -2.12. The van der Waals surface area contributed by atoms with Crippen molar-refractivity contribution in [2.75, 3.05) is 0 Å². The Balaban J connectivity index is 1.46. The van der Waals surface area contributed by atoms with E-state index in [1.165, 1.54) is 18.4 Å². The summed E-state index contributed by atoms with van der Waals surface area (Å²) in [5.41, 5.74) is 2.95. The van der Waals surface area contributed by atoms with Gasteiger partial charge >= 0.3 is 0 Å². The van der Waals surface area contributed by atoms with E-state index in [0.717, 1.165) is 35.4 Å². The molecule has 134 valence electrons. The fraction of sp³-hybridized carbons (Fsp3) is 0.333. The van der Waals surface area contributed by atoms with Crippen molar-refractivity contribution in [1.29, 1.82) is 0 Å². The van der Waals surface area contributed by atoms with Gasteiger partial charge in [0.15, 0.2) is 0 Å². The molecule has 5 heteroatoms. The highest BCUT2D eigenvalue weighted by Crippen LogP contribution is 2.25. The van der Waals surface area contributed by atoms with Crippen molar-refractivity contribution in [2.45, 2.75) is 45.2 Å². The number of fused-ring (bicyclic) bond motifs is 1. The van der Waals surface area contributed by atoms with Crippen LogP contribution < -0.4 is 10.1 Å². The predicted octanol–water partition coefficient (Wildman–Crippen LogP) is 4.20. The maximum absolute atomic E-state index is 12.3. The molecule has 0 spiro atoms. The molecule has 1 saturated carbocycles. The van der Waals surface area contributed by atoms with Gasteiger partial charge in [-0.25, -0.2) is 4.98 Å². The van der Waals surface area contributed by atoms with Crippen LogP contribution in [-0.2, 0) is 11.3 Å². The zero-order chi connectivity index (χ0) is 17.9. The number of aromatic nitrogens is 2. The molecule has 1 amide bonds. The molecule has 1 aliphatic rings. The van der Waals surface area contributed by atoms with Crippen molar-refractivity contribution in [3.8, 4) is 11.5 Å². The summed E-state index contributed by atoms with van der Waals surface area (Å²) in [6.07, 6.45) is 6.33. The molecule has 0 radical (unpaired) electrons. The van der Waals surface area contributed by atoms with Gasteiger partial charge in [-0.1, -0.05) is 30.5 Å². The van der Waals surface area contributed by atoms with Crippen LogP contribution in [0.4, 0.5) is 0 Å². The first-order valence-corrected chi connectivity index (χ1v) is 9.16. The minimum atomic E-state index is 0.0520. The van der Waals surface area contributed by atoms with Gasteiger partial charge < -0.3 is 14.6 Å². The third kappa shape index (κ3) is 3.72. The average molecular weight is 349 g/mol. The van der Waals surface area contributed by atoms with Gasteiger partial charge in [-0.05, 0) is 44.0 Å². The molecule has 0 unspecified atom stereocenters. The number of ether oxygens (including phenoxy) is 1. The number of aryl methyl sites for hydroxylation is 1. The summed E-state index contributed by atoms with van der Waals surface area (Å²) in [6.45, 7) is 2.34. The molecule has 26 heavy (non-hydrogen) atoms. The van der Waals surface area contributed by atoms with Gasteiger partial charge in [-0.15, -0.1) is 0 Å². The number of imidazole rings is 1. The van der Waals surface area contributed by atoms with E-state index in [4.69, 9.17) is 4.74 Å². The van der Waals surface area contributed by atoms with Gasteiger partial charge in [0.05, 0.1) is 17.4 Å². The van der Waals surface area contributed by atoms with Crippen LogP contribution in [0, 0.1) is 6.92 Å². The number of hydrogen-bond donors (Lipinski definition) is 1. The molecule has 0 atom stereocenters. The molecule has 0 aliphatic heterocycles. The second-order valence-electron chi connectivity index (χ2n) is 6.99. The SMILES string of the molecule is Cc1ccc(Oc2ccc3c(c2)ncn3CC(=O)NC2CCCC2)cc1. The Labute approximate surface area is 153 Å². The summed E-state index contributed by atoms with van der Waals surface area (Å²) in [5.74, 6) is 1.59. The summed E-state index contributed by atoms with van der Waals surface area (Å²) < 4.78 is 7.78. The van der Waals surface area contributed by atoms with Crippen molar-refractivity contribution < 1.29 is 9.53 Å². The monoisotopic (exact) mass is 349 g/mol. The Hall–Kier alpha value is -2.82. The maximum Gasteiger partial charge on any atom is 0.240 e. The number of hydrogen-bond acceptors (Lipinski definition) is 3. The lowest BCUT2D eigenvalue weighted by atomic mass is 10.2. The lowest BCUT2D eigenvalue weighted by Crippen LogP contribution is -2.35. The van der Waals surface area contributed by atoms with E-state index < -0.39 is 0 Å². The van der Waals surface area contributed by atoms with Crippen molar-refractivity contribution >= 4 is 16.9 Å². The Bertz CT molecular complexity index is 909. The van der Waals surface area contributed by atoms with Gasteiger partial charge in [-0.2, -0.15) is 0 Å². The molecule has 1 aromatic heterocycles. The molecule has 0 saturated heterocycles. The second-order valence-corrected chi connectivity index (χ2v) is 6.99. The van der Waals surface area contributed by atoms with Gasteiger partial charge in [0.1, 0.15) is 18.0 Å². The van der Waals surface area contributed by atoms with Crippen LogP contribution in [0.25, 0.3) is 11.0 Å². The van der Waals surface area contributed by atoms with Gasteiger partial charge in [0, 0.05) is 12.1 Å². The fourth-order valence-corrected chi connectivity index (χ4v) is 3.47. The number of carbonyl (C=O) groups excluding carboxylic acids is 1. The van der Waals surface area contributed by atoms with E-state index in [2.05, 4.69) is 10.3 Å². The number of nitrogens with zero attached hydrogens (tertiary/aromatic N) is 2. The molecule has 3 aromatic rings. The zero-order valence-electron chi connectivity index (χ0n) is 14.9. The molecule has 1 fully saturated rings. The quantitative estimate of drug-likeness (QED) is 0.751. The standard InChI is InChI=1S/C21H23N3O2/c1-15-6-8-17(9-7-15)26-18-10-11-20-19(12-18)22-14-24(20)13-21(25)23-16-4-2-3-5-16/h6-12,14,16H,2-5,13H2,1H3,(H,23,25). The zero-order valence-corrected chi connectivity index (χ0v) is 14.9. The number of rotatable bonds is 5. The van der Waals surface area contributed by atoms with Crippen molar-refractivity contribution in [2.24, 2.45) is 0 Å². The third-order valence-electron chi connectivity index (χ3n) is 4.88. The highest BCUT2D eigenvalue weighted by molar-refractivity contribution is 5.81. The molecule has 0 bridgehead atoms. The summed E-state index contributed by atoms with van der Waals surface area (Å²) in [6, 6.07) is 14.0. The van der Waals surface area contributed by atoms with E-state index in [1.54, 1.807) is 6.33 Å². The third-order valence-corrected chi connectivity index (χ3v) is 4.88. The average Bonchev–Trinajstić information content (AvgIpc) is 3.27. The highest BCUT2D eigenvalue weighted by Gasteiger charge is 2.17. The highest BCUT2D eigenvalue weighted by atomic mass is 16.5. The van der Waals surface area contributed by atoms with Crippen molar-refractivity contribution in [3.05, 3.63) is 54.4 Å². The Kier molecular flexibility index (Phi) is 4.61. The summed E-state index contributed by atoms with van der Waals surface area (Å²) in [5, 5.41) is 3.12. The van der Waals surface area contributed by atoms with E-state index >= 15 is 0 Å². The molecule has 1 heterocycles. The van der Waals surface area contributed by atoms with Crippen LogP contribution >= 0.6 is 0 Å². The van der Waals surface area contributed by atoms with Crippen LogP contribution in [-0.4, -0.2) is 21.5 Å². The summed E-state index contributed by atoms with van der Waals surface area (Å²) in [7, 11) is 0. The smallest absolute Gasteiger partial charge is 0.240 e. The van der Waals surface area contributed by atoms with Crippen molar-refractivity contribution in [3.63, 3.8) is 0 Å². The Morgan fingerprint density at radius 3 is 2.65 bits per heavy atom. The number of nitrogens with one attached hydrogen (secondary N) is 1. The first-order chi connectivity index (χ1) is 12.7. The van der Waals surface area contributed by atoms with Crippen LogP contribution in [0.1, 0.15) is 31.2 Å². The molecular formula is C21H23N3O2. The van der Waals surface area contributed by atoms with E-state index in [9.17, 15) is 4.79 Å². The minimum absolute atomic E-state index is 0.0520. The molecule has 5 nitrogen and oxygen atoms in total. The Morgan fingerprint density at radius 2 is 1.88 bits per heavy atom. The van der Waals surface area contributed by atoms with E-state index in [0.29, 0.717) is 12.6 Å². The van der Waals surface area contributed by atoms with E-state index in [-0.39, 0.29) is 5.91 Å². The minimum Gasteiger partial charge on any atom is -0.457 e. The molecule has 2 aromatic carbocycles. The first kappa shape index (κ1) is 16.6. The molecule has 4 rings (SSSR count). The summed E-state index contributed by atoms with van der Waals surface area (Å²) >= 11 is 0. The Morgan fingerprint density at radius 1 is 1.15 bits per heavy atom. The first-order valence-electron chi connectivity index (χ1n) is 9.16. The van der Waals surface area contributed by atoms with Crippen LogP contribution in [0.2, 0.25) is 0 Å². The van der Waals surface area contributed by atoms with Crippen LogP contribution in [0.3, 0.4) is 0 Å². The normalized spacial score (nSPS) is 14.7. The fourth-order valence-electron chi connectivity index (χ4n) is 3.47. The number of amides is 1. The summed E-state index contributed by atoms with van der Waals surface area (Å²) in [4.78, 5) is 16.7. The van der Waals surface area contributed by atoms with Gasteiger partial charge in [0.25, 0.3) is 0 Å². The molecular weight excluding hydrogens is 326 g/mol. The topological polar surface area (TPSA) is 56.2 Å². The lowest BCUT2D eigenvalue weighted by molar-refractivity contribution is -0.122. The maximum atomic E-state index is 12.3. The van der Waals surface area contributed by atoms with E-state index in [1.807, 2.05) is 54.0 Å². The molecule has 1 aliphatic carbocycles. The van der Waals surface area contributed by atoms with Gasteiger partial charge in [-0.3, -0.25) is 4.79 Å².